The monoisotopic (exact) mass is 994 g/mol. The molecule has 4 aliphatic rings. The lowest BCUT2D eigenvalue weighted by molar-refractivity contribution is -0.366. The third-order valence-electron chi connectivity index (χ3n) is 11.4. The Kier molecular flexibility index (Phi) is 24.3. The third kappa shape index (κ3) is 16.5. The molecule has 0 aromatic heterocycles. The number of hydrazine groups is 1. The molecular formula is C38H70N6O24. The molecule has 4 heterocycles. The summed E-state index contributed by atoms with van der Waals surface area (Å²) in [5.41, 5.74) is 11.1. The van der Waals surface area contributed by atoms with Crippen LogP contribution in [-0.4, -0.2) is 291 Å². The van der Waals surface area contributed by atoms with Crippen molar-refractivity contribution in [2.24, 2.45) is 5.73 Å². The molecule has 0 bridgehead atoms. The van der Waals surface area contributed by atoms with Crippen molar-refractivity contribution in [2.75, 3.05) is 78.8 Å². The van der Waals surface area contributed by atoms with Crippen LogP contribution < -0.4 is 27.2 Å². The van der Waals surface area contributed by atoms with Crippen molar-refractivity contribution in [1.29, 1.82) is 0 Å². The van der Waals surface area contributed by atoms with Gasteiger partial charge in [0.1, 0.15) is 91.6 Å². The molecule has 68 heavy (non-hydrogen) atoms. The van der Waals surface area contributed by atoms with Gasteiger partial charge < -0.3 is 121 Å². The van der Waals surface area contributed by atoms with Gasteiger partial charge in [0.05, 0.1) is 52.2 Å². The molecule has 0 radical (unpaired) electrons. The molecule has 0 unspecified atom stereocenters. The topological polar surface area (TPSA) is 465 Å². The summed E-state index contributed by atoms with van der Waals surface area (Å²) >= 11 is 0. The molecule has 3 amide bonds. The maximum Gasteiger partial charge on any atom is 0.234 e. The second-order valence-electron chi connectivity index (χ2n) is 16.6. The molecule has 0 aromatic carbocycles. The summed E-state index contributed by atoms with van der Waals surface area (Å²) in [6.45, 7) is -0.714. The van der Waals surface area contributed by atoms with Gasteiger partial charge in [-0.2, -0.15) is 0 Å². The third-order valence-corrected chi connectivity index (χ3v) is 11.4. The van der Waals surface area contributed by atoms with Gasteiger partial charge in [-0.1, -0.05) is 0 Å². The maximum atomic E-state index is 12.6. The summed E-state index contributed by atoms with van der Waals surface area (Å²) in [7, 11) is 0. The number of nitrogens with two attached hydrogens (primary N) is 1. The van der Waals surface area contributed by atoms with Gasteiger partial charge >= 0.3 is 0 Å². The molecule has 30 nitrogen and oxygen atoms in total. The van der Waals surface area contributed by atoms with Gasteiger partial charge in [0.15, 0.2) is 25.2 Å². The van der Waals surface area contributed by atoms with Gasteiger partial charge in [-0.05, 0) is 13.3 Å². The number of nitrogens with zero attached hydrogens (tertiary/aromatic N) is 1. The van der Waals surface area contributed by atoms with E-state index in [1.54, 1.807) is 0 Å². The standard InChI is InChI=1S/C38H70N6O24/c1-16-23(50)27(54)30(57)35(64-16)62-10-7-43-42-5-8-44(11-20(39)47)12-22(49)40-4-2-3-21(48)41-6-9-61-37-33(60)34(68-38-32(59)29(56)25(52)18(14-46)66-38)26(53)19(67-37)15-63-36-31(58)28(55)24(51)17(13-45)65-36/h16-19,23-38,42-43,45-46,50-60H,2-15H2,1H3,(H2,39,47)(H,40,49)(H,41,48)/t16-,17+,18+,19+,23+,24+,25+,26+,27+,28-,29-,30-,31-,32-,33-,34-,35+,36-,37-,38+/m0/s1. The highest BCUT2D eigenvalue weighted by Gasteiger charge is 2.52. The number of hydrogen-bond donors (Lipinski definition) is 18. The first-order valence-electron chi connectivity index (χ1n) is 22.1. The Morgan fingerprint density at radius 2 is 1.06 bits per heavy atom. The van der Waals surface area contributed by atoms with Crippen LogP contribution in [0.3, 0.4) is 0 Å². The number of aliphatic hydroxyl groups excluding tert-OH is 13. The average Bonchev–Trinajstić information content (AvgIpc) is 3.30. The maximum absolute atomic E-state index is 12.6. The summed E-state index contributed by atoms with van der Waals surface area (Å²) in [6, 6.07) is 0. The zero-order chi connectivity index (χ0) is 50.2. The van der Waals surface area contributed by atoms with Crippen molar-refractivity contribution in [1.82, 2.24) is 26.4 Å². The molecule has 4 saturated heterocycles. The minimum absolute atomic E-state index is 0.0426. The number of carbonyl (C=O) groups is 3. The summed E-state index contributed by atoms with van der Waals surface area (Å²) in [5, 5.41) is 138. The number of rotatable bonds is 27. The molecule has 4 rings (SSSR count). The minimum atomic E-state index is -1.94. The van der Waals surface area contributed by atoms with Crippen LogP contribution in [0.5, 0.6) is 0 Å². The molecule has 396 valence electrons. The number of aliphatic hydroxyl groups is 13. The molecule has 4 aliphatic heterocycles. The van der Waals surface area contributed by atoms with E-state index in [1.165, 1.54) is 11.8 Å². The Labute approximate surface area is 389 Å². The highest BCUT2D eigenvalue weighted by atomic mass is 16.8. The molecule has 30 heteroatoms. The smallest absolute Gasteiger partial charge is 0.234 e. The van der Waals surface area contributed by atoms with Crippen molar-refractivity contribution in [2.45, 2.75) is 143 Å². The predicted molar refractivity (Wildman–Crippen MR) is 220 cm³/mol. The zero-order valence-corrected chi connectivity index (χ0v) is 37.3. The lowest BCUT2D eigenvalue weighted by Gasteiger charge is -2.46. The van der Waals surface area contributed by atoms with Crippen LogP contribution in [-0.2, 0) is 52.3 Å². The summed E-state index contributed by atoms with van der Waals surface area (Å²) in [6.07, 6.45) is -31.6. The van der Waals surface area contributed by atoms with E-state index in [0.717, 1.165) is 0 Å². The number of carbonyl (C=O) groups excluding carboxylic acids is 3. The van der Waals surface area contributed by atoms with E-state index in [-0.39, 0.29) is 71.9 Å². The van der Waals surface area contributed by atoms with Crippen molar-refractivity contribution in [3.05, 3.63) is 0 Å². The molecule has 0 aliphatic carbocycles. The van der Waals surface area contributed by atoms with E-state index in [0.29, 0.717) is 0 Å². The van der Waals surface area contributed by atoms with Crippen LogP contribution in [0, 0.1) is 0 Å². The summed E-state index contributed by atoms with van der Waals surface area (Å²) in [5.74, 6) is -1.57. The van der Waals surface area contributed by atoms with Gasteiger partial charge in [-0.25, -0.2) is 0 Å². The van der Waals surface area contributed by atoms with Crippen LogP contribution in [0.4, 0.5) is 0 Å². The van der Waals surface area contributed by atoms with E-state index < -0.39 is 160 Å². The largest absolute Gasteiger partial charge is 0.394 e. The molecule has 0 spiro atoms. The molecule has 0 saturated carbocycles. The quantitative estimate of drug-likeness (QED) is 0.0268. The van der Waals surface area contributed by atoms with E-state index >= 15 is 0 Å². The SMILES string of the molecule is C[C@@H]1O[C@@H](OCCNNCCN(CC(N)=O)CC(=O)NCCCC(=O)NCCO[C@H]2O[C@H](CO[C@H]3O[C@H](CO)[C@@H](O)[C@H](O)[C@@H]3O)[C@@H](O)[C@H](O[C@H]3O[C@H](CO)[C@@H](O)[C@H](O)[C@@H]3O)[C@@H]2O)[C@@H](O)[C@H](O)[C@@H]1O. The Morgan fingerprint density at radius 1 is 0.544 bits per heavy atom. The van der Waals surface area contributed by atoms with Crippen LogP contribution in [0.1, 0.15) is 19.8 Å². The van der Waals surface area contributed by atoms with Crippen molar-refractivity contribution in [3.8, 4) is 0 Å². The van der Waals surface area contributed by atoms with E-state index in [1.807, 2.05) is 0 Å². The Hall–Kier alpha value is -2.55. The predicted octanol–water partition coefficient (Wildman–Crippen LogP) is -11.8. The molecule has 4 fully saturated rings. The highest BCUT2D eigenvalue weighted by molar-refractivity contribution is 5.80. The second kappa shape index (κ2) is 28.5. The first kappa shape index (κ1) is 58.0. The average molecular weight is 995 g/mol. The molecule has 0 aromatic rings. The van der Waals surface area contributed by atoms with E-state index in [4.69, 9.17) is 43.6 Å². The van der Waals surface area contributed by atoms with Crippen LogP contribution in [0.25, 0.3) is 0 Å². The summed E-state index contributed by atoms with van der Waals surface area (Å²) < 4.78 is 44.0. The minimum Gasteiger partial charge on any atom is -0.394 e. The van der Waals surface area contributed by atoms with E-state index in [9.17, 15) is 80.8 Å². The summed E-state index contributed by atoms with van der Waals surface area (Å²) in [4.78, 5) is 38.3. The van der Waals surface area contributed by atoms with Gasteiger partial charge in [0.2, 0.25) is 17.7 Å². The van der Waals surface area contributed by atoms with Gasteiger partial charge in [0.25, 0.3) is 0 Å². The van der Waals surface area contributed by atoms with Gasteiger partial charge in [0, 0.05) is 39.1 Å². The van der Waals surface area contributed by atoms with Crippen LogP contribution in [0.15, 0.2) is 0 Å². The Morgan fingerprint density at radius 3 is 1.68 bits per heavy atom. The lowest BCUT2D eigenvalue weighted by Crippen LogP contribution is -2.65. The zero-order valence-electron chi connectivity index (χ0n) is 37.3. The molecule has 20 atom stereocenters. The molecular weight excluding hydrogens is 924 g/mol. The van der Waals surface area contributed by atoms with Crippen LogP contribution in [0.2, 0.25) is 0 Å². The number of nitrogens with one attached hydrogen (secondary N) is 4. The number of primary amides is 1. The fourth-order valence-corrected chi connectivity index (χ4v) is 7.46. The normalized spacial score (nSPS) is 38.9. The number of amides is 3. The highest BCUT2D eigenvalue weighted by Crippen LogP contribution is 2.31. The fourth-order valence-electron chi connectivity index (χ4n) is 7.46. The van der Waals surface area contributed by atoms with E-state index in [2.05, 4.69) is 21.5 Å². The lowest BCUT2D eigenvalue weighted by atomic mass is 9.96. The van der Waals surface area contributed by atoms with Gasteiger partial charge in [-0.15, -0.1) is 0 Å². The Bertz CT molecular complexity index is 1520. The number of hydrogen-bond acceptors (Lipinski definition) is 27. The Balaban J connectivity index is 1.18. The second-order valence-corrected chi connectivity index (χ2v) is 16.6. The van der Waals surface area contributed by atoms with Crippen molar-refractivity contribution < 1.29 is 119 Å². The van der Waals surface area contributed by atoms with Crippen molar-refractivity contribution >= 4 is 17.7 Å². The molecule has 19 N–H and O–H groups in total. The first-order valence-corrected chi connectivity index (χ1v) is 22.1. The fraction of sp³-hybridized carbons (Fsp3) is 0.921. The number of ether oxygens (including phenoxy) is 8. The van der Waals surface area contributed by atoms with Crippen LogP contribution >= 0.6 is 0 Å². The first-order chi connectivity index (χ1) is 32.3. The van der Waals surface area contributed by atoms with Crippen molar-refractivity contribution in [3.63, 3.8) is 0 Å². The van der Waals surface area contributed by atoms with Gasteiger partial charge in [-0.3, -0.25) is 30.1 Å².